The van der Waals surface area contributed by atoms with Gasteiger partial charge in [0.25, 0.3) is 5.91 Å². The molecule has 0 spiro atoms. The van der Waals surface area contributed by atoms with E-state index in [1.165, 1.54) is 4.31 Å². The molecule has 2 aromatic carbocycles. The van der Waals surface area contributed by atoms with Crippen LogP contribution >= 0.6 is 12.4 Å². The normalized spacial score (nSPS) is 20.3. The van der Waals surface area contributed by atoms with E-state index in [2.05, 4.69) is 0 Å². The molecule has 2 aliphatic rings. The van der Waals surface area contributed by atoms with Crippen LogP contribution in [0.25, 0.3) is 10.8 Å². The summed E-state index contributed by atoms with van der Waals surface area (Å²) in [6.07, 6.45) is 0.790. The van der Waals surface area contributed by atoms with Gasteiger partial charge in [-0.15, -0.1) is 12.4 Å². The molecule has 2 aromatic rings. The largest absolute Gasteiger partial charge is 0.330 e. The van der Waals surface area contributed by atoms with E-state index in [1.807, 2.05) is 0 Å². The zero-order chi connectivity index (χ0) is 17.1. The Morgan fingerprint density at radius 2 is 2.00 bits per heavy atom. The van der Waals surface area contributed by atoms with Crippen molar-refractivity contribution in [1.29, 1.82) is 0 Å². The molecule has 1 saturated heterocycles. The van der Waals surface area contributed by atoms with E-state index in [1.54, 1.807) is 42.3 Å². The summed E-state index contributed by atoms with van der Waals surface area (Å²) in [6, 6.07) is 8.60. The molecule has 2 N–H and O–H groups in total. The summed E-state index contributed by atoms with van der Waals surface area (Å²) in [5, 5.41) is 1.33. The second-order valence-corrected chi connectivity index (χ2v) is 8.33. The van der Waals surface area contributed by atoms with Crippen molar-refractivity contribution in [3.8, 4) is 0 Å². The van der Waals surface area contributed by atoms with E-state index >= 15 is 0 Å². The Kier molecular flexibility index (Phi) is 4.53. The molecule has 25 heavy (non-hydrogen) atoms. The predicted octanol–water partition coefficient (Wildman–Crippen LogP) is 1.82. The summed E-state index contributed by atoms with van der Waals surface area (Å²) in [5.41, 5.74) is 7.00. The van der Waals surface area contributed by atoms with Gasteiger partial charge >= 0.3 is 0 Å². The van der Waals surface area contributed by atoms with Crippen LogP contribution in [0.2, 0.25) is 0 Å². The van der Waals surface area contributed by atoms with Crippen LogP contribution in [0.1, 0.15) is 16.8 Å². The highest BCUT2D eigenvalue weighted by atomic mass is 35.5. The molecule has 1 atom stereocenters. The lowest BCUT2D eigenvalue weighted by atomic mass is 10.1. The lowest BCUT2D eigenvalue weighted by molar-refractivity contribution is 0.0999. The van der Waals surface area contributed by atoms with Crippen LogP contribution < -0.4 is 10.6 Å². The fourth-order valence-electron chi connectivity index (χ4n) is 3.68. The highest BCUT2D eigenvalue weighted by molar-refractivity contribution is 7.89. The summed E-state index contributed by atoms with van der Waals surface area (Å²) in [6.45, 7) is 1.45. The average molecular weight is 382 g/mol. The van der Waals surface area contributed by atoms with Crippen LogP contribution in [0.4, 0.5) is 5.69 Å². The second kappa shape index (κ2) is 6.25. The van der Waals surface area contributed by atoms with Crippen LogP contribution in [0.3, 0.4) is 0 Å². The van der Waals surface area contributed by atoms with E-state index in [9.17, 15) is 13.2 Å². The molecule has 8 heteroatoms. The third-order valence-corrected chi connectivity index (χ3v) is 7.00. The van der Waals surface area contributed by atoms with E-state index in [0.29, 0.717) is 30.6 Å². The molecular formula is C17H20ClN3O3S. The molecule has 134 valence electrons. The number of carbonyl (C=O) groups is 1. The first kappa shape index (κ1) is 18.1. The Morgan fingerprint density at radius 1 is 1.24 bits per heavy atom. The van der Waals surface area contributed by atoms with Gasteiger partial charge in [0.2, 0.25) is 10.0 Å². The van der Waals surface area contributed by atoms with Gasteiger partial charge in [-0.2, -0.15) is 4.31 Å². The Bertz CT molecular complexity index is 961. The minimum atomic E-state index is -3.60. The zero-order valence-corrected chi connectivity index (χ0v) is 15.4. The minimum absolute atomic E-state index is 0. The molecular weight excluding hydrogens is 362 g/mol. The minimum Gasteiger partial charge on any atom is -0.330 e. The first-order valence-corrected chi connectivity index (χ1v) is 9.43. The SMILES string of the molecule is CN1C(=O)c2cccc3c(S(=O)(=O)N4CCC(CN)C4)ccc1c23.Cl. The number of benzene rings is 2. The number of halogens is 1. The predicted molar refractivity (Wildman–Crippen MR) is 99.8 cm³/mol. The van der Waals surface area contributed by atoms with Gasteiger partial charge in [0.1, 0.15) is 0 Å². The quantitative estimate of drug-likeness (QED) is 0.878. The fraction of sp³-hybridized carbons (Fsp3) is 0.353. The average Bonchev–Trinajstić information content (AvgIpc) is 3.16. The maximum atomic E-state index is 13.1. The molecule has 0 saturated carbocycles. The van der Waals surface area contributed by atoms with Crippen molar-refractivity contribution in [2.45, 2.75) is 11.3 Å². The van der Waals surface area contributed by atoms with Crippen LogP contribution in [0, 0.1) is 5.92 Å². The highest BCUT2D eigenvalue weighted by Crippen LogP contribution is 2.40. The monoisotopic (exact) mass is 381 g/mol. The molecule has 0 aliphatic carbocycles. The van der Waals surface area contributed by atoms with Crippen LogP contribution in [0.5, 0.6) is 0 Å². The molecule has 2 heterocycles. The highest BCUT2D eigenvalue weighted by Gasteiger charge is 2.35. The number of hydrogen-bond acceptors (Lipinski definition) is 4. The van der Waals surface area contributed by atoms with E-state index in [4.69, 9.17) is 5.73 Å². The van der Waals surface area contributed by atoms with E-state index in [-0.39, 0.29) is 29.1 Å². The van der Waals surface area contributed by atoms with Crippen molar-refractivity contribution in [2.24, 2.45) is 11.7 Å². The summed E-state index contributed by atoms with van der Waals surface area (Å²) in [5.74, 6) is 0.110. The third-order valence-electron chi connectivity index (χ3n) is 5.07. The standard InChI is InChI=1S/C17H19N3O3S.ClH/c1-19-14-5-6-15(12-3-2-4-13(16(12)14)17(19)21)24(22,23)20-8-7-11(9-18)10-20;/h2-6,11H,7-10,18H2,1H3;1H. The summed E-state index contributed by atoms with van der Waals surface area (Å²) < 4.78 is 27.7. The Hall–Kier alpha value is -1.67. The summed E-state index contributed by atoms with van der Waals surface area (Å²) >= 11 is 0. The summed E-state index contributed by atoms with van der Waals surface area (Å²) in [7, 11) is -1.90. The maximum absolute atomic E-state index is 13.1. The molecule has 1 amide bonds. The number of carbonyl (C=O) groups excluding carboxylic acids is 1. The molecule has 0 bridgehead atoms. The second-order valence-electron chi connectivity index (χ2n) is 6.43. The number of nitrogens with zero attached hydrogens (tertiary/aromatic N) is 2. The van der Waals surface area contributed by atoms with E-state index < -0.39 is 10.0 Å². The molecule has 0 radical (unpaired) electrons. The lowest BCUT2D eigenvalue weighted by Crippen LogP contribution is -2.30. The van der Waals surface area contributed by atoms with Crippen molar-refractivity contribution in [3.63, 3.8) is 0 Å². The topological polar surface area (TPSA) is 83.7 Å². The van der Waals surface area contributed by atoms with Gasteiger partial charge < -0.3 is 10.6 Å². The first-order chi connectivity index (χ1) is 11.4. The number of anilines is 1. The Morgan fingerprint density at radius 3 is 2.68 bits per heavy atom. The van der Waals surface area contributed by atoms with Gasteiger partial charge in [0, 0.05) is 36.5 Å². The molecule has 4 rings (SSSR count). The van der Waals surface area contributed by atoms with Crippen LogP contribution in [-0.4, -0.2) is 45.3 Å². The van der Waals surface area contributed by atoms with Crippen LogP contribution in [0.15, 0.2) is 35.2 Å². The zero-order valence-electron chi connectivity index (χ0n) is 13.8. The maximum Gasteiger partial charge on any atom is 0.258 e. The number of amides is 1. The van der Waals surface area contributed by atoms with Gasteiger partial charge in [0.05, 0.1) is 10.6 Å². The summed E-state index contributed by atoms with van der Waals surface area (Å²) in [4.78, 5) is 14.2. The number of hydrogen-bond donors (Lipinski definition) is 1. The van der Waals surface area contributed by atoms with Gasteiger partial charge in [-0.25, -0.2) is 8.42 Å². The van der Waals surface area contributed by atoms with Crippen molar-refractivity contribution in [1.82, 2.24) is 4.31 Å². The Labute approximate surface area is 153 Å². The van der Waals surface area contributed by atoms with Crippen molar-refractivity contribution < 1.29 is 13.2 Å². The van der Waals surface area contributed by atoms with Gasteiger partial charge in [0.15, 0.2) is 0 Å². The van der Waals surface area contributed by atoms with Crippen molar-refractivity contribution in [3.05, 3.63) is 35.9 Å². The van der Waals surface area contributed by atoms with Gasteiger partial charge in [-0.05, 0) is 37.1 Å². The third kappa shape index (κ3) is 2.54. The lowest BCUT2D eigenvalue weighted by Gasteiger charge is -2.18. The van der Waals surface area contributed by atoms with E-state index in [0.717, 1.165) is 17.5 Å². The van der Waals surface area contributed by atoms with Crippen LogP contribution in [-0.2, 0) is 10.0 Å². The van der Waals surface area contributed by atoms with Gasteiger partial charge in [-0.3, -0.25) is 4.79 Å². The number of sulfonamides is 1. The smallest absolute Gasteiger partial charge is 0.258 e. The van der Waals surface area contributed by atoms with Crippen molar-refractivity contribution >= 4 is 44.8 Å². The molecule has 0 aromatic heterocycles. The molecule has 2 aliphatic heterocycles. The van der Waals surface area contributed by atoms with Crippen molar-refractivity contribution in [2.75, 3.05) is 31.6 Å². The number of rotatable bonds is 3. The molecule has 1 unspecified atom stereocenters. The molecule has 1 fully saturated rings. The first-order valence-electron chi connectivity index (χ1n) is 7.99. The number of nitrogens with two attached hydrogens (primary N) is 1. The van der Waals surface area contributed by atoms with Gasteiger partial charge in [-0.1, -0.05) is 12.1 Å². The Balaban J connectivity index is 0.00000182. The molecule has 6 nitrogen and oxygen atoms in total. The fourth-order valence-corrected chi connectivity index (χ4v) is 5.40.